The van der Waals surface area contributed by atoms with E-state index in [4.69, 9.17) is 4.74 Å². The molecule has 1 heterocycles. The first kappa shape index (κ1) is 15.8. The molecule has 1 unspecified atom stereocenters. The normalized spacial score (nSPS) is 39.7. The summed E-state index contributed by atoms with van der Waals surface area (Å²) in [6.07, 6.45) is 10.3. The van der Waals surface area contributed by atoms with Crippen LogP contribution < -0.4 is 0 Å². The van der Waals surface area contributed by atoms with Gasteiger partial charge in [-0.15, -0.1) is 0 Å². The standard InChI is InChI=1S/C20H30O2/c1-14-6-9-17-19(2,3)11-5-12-20(17,4)16(14)8-7-15-10-13-22-18(15)21/h7,16-17H,1,5-6,8-13H2,2-4H3/b15-7+/t16-,17?,20+/m0/s1. The molecule has 122 valence electrons. The van der Waals surface area contributed by atoms with E-state index >= 15 is 0 Å². The third kappa shape index (κ3) is 2.55. The lowest BCUT2D eigenvalue weighted by molar-refractivity contribution is -0.135. The summed E-state index contributed by atoms with van der Waals surface area (Å²) in [5.41, 5.74) is 3.07. The van der Waals surface area contributed by atoms with Crippen molar-refractivity contribution in [2.24, 2.45) is 22.7 Å². The highest BCUT2D eigenvalue weighted by atomic mass is 16.5. The van der Waals surface area contributed by atoms with E-state index in [9.17, 15) is 4.79 Å². The monoisotopic (exact) mass is 302 g/mol. The summed E-state index contributed by atoms with van der Waals surface area (Å²) in [7, 11) is 0. The van der Waals surface area contributed by atoms with Crippen molar-refractivity contribution in [1.29, 1.82) is 0 Å². The predicted molar refractivity (Wildman–Crippen MR) is 89.4 cm³/mol. The Hall–Kier alpha value is -1.05. The van der Waals surface area contributed by atoms with Crippen LogP contribution >= 0.6 is 0 Å². The zero-order chi connectivity index (χ0) is 16.0. The van der Waals surface area contributed by atoms with Gasteiger partial charge in [0.15, 0.2) is 0 Å². The minimum atomic E-state index is -0.105. The lowest BCUT2D eigenvalue weighted by Crippen LogP contribution is -2.49. The lowest BCUT2D eigenvalue weighted by Gasteiger charge is -2.58. The van der Waals surface area contributed by atoms with Crippen molar-refractivity contribution in [3.63, 3.8) is 0 Å². The summed E-state index contributed by atoms with van der Waals surface area (Å²) in [4.78, 5) is 11.7. The van der Waals surface area contributed by atoms with Gasteiger partial charge in [-0.2, -0.15) is 0 Å². The number of esters is 1. The summed E-state index contributed by atoms with van der Waals surface area (Å²) < 4.78 is 5.07. The van der Waals surface area contributed by atoms with Gasteiger partial charge in [-0.25, -0.2) is 4.79 Å². The van der Waals surface area contributed by atoms with Gasteiger partial charge in [-0.1, -0.05) is 45.4 Å². The molecule has 0 amide bonds. The Kier molecular flexibility index (Phi) is 3.99. The van der Waals surface area contributed by atoms with Crippen LogP contribution in [0, 0.1) is 22.7 Å². The first-order valence-corrected chi connectivity index (χ1v) is 8.88. The summed E-state index contributed by atoms with van der Waals surface area (Å²) in [5, 5.41) is 0. The molecule has 2 nitrogen and oxygen atoms in total. The third-order valence-corrected chi connectivity index (χ3v) is 6.79. The molecule has 0 aromatic heterocycles. The molecule has 0 aromatic carbocycles. The van der Waals surface area contributed by atoms with Crippen molar-refractivity contribution < 1.29 is 9.53 Å². The smallest absolute Gasteiger partial charge is 0.333 e. The fourth-order valence-corrected chi connectivity index (χ4v) is 5.60. The van der Waals surface area contributed by atoms with E-state index in [-0.39, 0.29) is 5.97 Å². The highest BCUT2D eigenvalue weighted by molar-refractivity contribution is 5.90. The van der Waals surface area contributed by atoms with Gasteiger partial charge in [0.2, 0.25) is 0 Å². The number of carbonyl (C=O) groups excluding carboxylic acids is 1. The Morgan fingerprint density at radius 3 is 2.73 bits per heavy atom. The van der Waals surface area contributed by atoms with Crippen LogP contribution in [0.25, 0.3) is 0 Å². The van der Waals surface area contributed by atoms with E-state index in [0.717, 1.165) is 30.8 Å². The van der Waals surface area contributed by atoms with E-state index in [2.05, 4.69) is 33.4 Å². The molecule has 2 heteroatoms. The second-order valence-corrected chi connectivity index (χ2v) is 8.50. The number of carbonyl (C=O) groups is 1. The van der Waals surface area contributed by atoms with Crippen molar-refractivity contribution in [1.82, 2.24) is 0 Å². The van der Waals surface area contributed by atoms with Gasteiger partial charge in [0, 0.05) is 12.0 Å². The van der Waals surface area contributed by atoms with Crippen LogP contribution in [0.4, 0.5) is 0 Å². The van der Waals surface area contributed by atoms with Crippen LogP contribution in [0.3, 0.4) is 0 Å². The Morgan fingerprint density at radius 2 is 2.05 bits per heavy atom. The molecule has 0 spiro atoms. The summed E-state index contributed by atoms with van der Waals surface area (Å²) >= 11 is 0. The molecular formula is C20H30O2. The fraction of sp³-hybridized carbons (Fsp3) is 0.750. The zero-order valence-electron chi connectivity index (χ0n) is 14.4. The zero-order valence-corrected chi connectivity index (χ0v) is 14.4. The minimum absolute atomic E-state index is 0.105. The second kappa shape index (κ2) is 5.54. The van der Waals surface area contributed by atoms with E-state index in [1.807, 2.05) is 0 Å². The number of fused-ring (bicyclic) bond motifs is 1. The molecule has 2 saturated carbocycles. The van der Waals surface area contributed by atoms with Gasteiger partial charge < -0.3 is 4.74 Å². The van der Waals surface area contributed by atoms with Crippen molar-refractivity contribution >= 4 is 5.97 Å². The summed E-state index contributed by atoms with van der Waals surface area (Å²) in [5.74, 6) is 1.19. The molecule has 0 bridgehead atoms. The van der Waals surface area contributed by atoms with Gasteiger partial charge >= 0.3 is 5.97 Å². The highest BCUT2D eigenvalue weighted by Gasteiger charge is 2.52. The first-order chi connectivity index (χ1) is 10.3. The van der Waals surface area contributed by atoms with Gasteiger partial charge in [0.25, 0.3) is 0 Å². The van der Waals surface area contributed by atoms with Crippen LogP contribution in [0.1, 0.15) is 65.7 Å². The highest BCUT2D eigenvalue weighted by Crippen LogP contribution is 2.61. The molecule has 0 N–H and O–H groups in total. The number of cyclic esters (lactones) is 1. The number of rotatable bonds is 2. The number of hydrogen-bond donors (Lipinski definition) is 0. The topological polar surface area (TPSA) is 26.3 Å². The predicted octanol–water partition coefficient (Wildman–Crippen LogP) is 5.05. The molecule has 0 radical (unpaired) electrons. The van der Waals surface area contributed by atoms with E-state index in [0.29, 0.717) is 23.4 Å². The van der Waals surface area contributed by atoms with Crippen LogP contribution in [0.15, 0.2) is 23.8 Å². The quantitative estimate of drug-likeness (QED) is 0.405. The van der Waals surface area contributed by atoms with Crippen molar-refractivity contribution in [2.75, 3.05) is 6.61 Å². The van der Waals surface area contributed by atoms with Crippen LogP contribution in [0.2, 0.25) is 0 Å². The summed E-state index contributed by atoms with van der Waals surface area (Å²) in [6, 6.07) is 0. The molecular weight excluding hydrogens is 272 g/mol. The van der Waals surface area contributed by atoms with Gasteiger partial charge in [0.05, 0.1) is 6.61 Å². The van der Waals surface area contributed by atoms with Crippen LogP contribution in [0.5, 0.6) is 0 Å². The molecule has 3 fully saturated rings. The second-order valence-electron chi connectivity index (χ2n) is 8.50. The van der Waals surface area contributed by atoms with E-state index < -0.39 is 0 Å². The summed E-state index contributed by atoms with van der Waals surface area (Å²) in [6.45, 7) is 12.3. The SMILES string of the molecule is C=C1CCC2C(C)(C)CCC[C@]2(C)[C@H]1C/C=C1\CCOC1=O. The molecule has 0 aromatic rings. The number of allylic oxidation sites excluding steroid dienone is 2. The Labute approximate surface area is 135 Å². The molecule has 1 saturated heterocycles. The van der Waals surface area contributed by atoms with Crippen molar-refractivity contribution in [2.45, 2.75) is 65.7 Å². The van der Waals surface area contributed by atoms with Gasteiger partial charge in [0.1, 0.15) is 0 Å². The molecule has 1 aliphatic heterocycles. The number of ether oxygens (including phenoxy) is 1. The molecule has 22 heavy (non-hydrogen) atoms. The number of hydrogen-bond acceptors (Lipinski definition) is 2. The van der Waals surface area contributed by atoms with Crippen molar-refractivity contribution in [3.8, 4) is 0 Å². The Bertz CT molecular complexity index is 514. The van der Waals surface area contributed by atoms with Crippen LogP contribution in [-0.2, 0) is 9.53 Å². The average molecular weight is 302 g/mol. The first-order valence-electron chi connectivity index (χ1n) is 8.88. The van der Waals surface area contributed by atoms with Crippen molar-refractivity contribution in [3.05, 3.63) is 23.8 Å². The maximum absolute atomic E-state index is 11.7. The van der Waals surface area contributed by atoms with Gasteiger partial charge in [-0.3, -0.25) is 0 Å². The molecule has 3 atom stereocenters. The fourth-order valence-electron chi connectivity index (χ4n) is 5.60. The largest absolute Gasteiger partial charge is 0.462 e. The average Bonchev–Trinajstić information content (AvgIpc) is 2.82. The van der Waals surface area contributed by atoms with E-state index in [1.165, 1.54) is 31.3 Å². The maximum Gasteiger partial charge on any atom is 0.333 e. The molecule has 3 aliphatic rings. The minimum Gasteiger partial charge on any atom is -0.462 e. The maximum atomic E-state index is 11.7. The Morgan fingerprint density at radius 1 is 1.27 bits per heavy atom. The molecule has 2 aliphatic carbocycles. The third-order valence-electron chi connectivity index (χ3n) is 6.79. The Balaban J connectivity index is 1.84. The van der Waals surface area contributed by atoms with Crippen LogP contribution in [-0.4, -0.2) is 12.6 Å². The van der Waals surface area contributed by atoms with Gasteiger partial charge in [-0.05, 0) is 54.8 Å². The van der Waals surface area contributed by atoms with E-state index in [1.54, 1.807) is 0 Å². The molecule has 3 rings (SSSR count). The lowest BCUT2D eigenvalue weighted by atomic mass is 9.47.